The second-order valence-electron chi connectivity index (χ2n) is 4.78. The van der Waals surface area contributed by atoms with E-state index in [1.165, 1.54) is 32.1 Å². The van der Waals surface area contributed by atoms with Crippen molar-refractivity contribution in [3.8, 4) is 0 Å². The number of amidine groups is 1. The largest absolute Gasteiger partial charge is 0.409 e. The number of nitrogens with one attached hydrogen (secondary N) is 1. The van der Waals surface area contributed by atoms with Crippen LogP contribution in [0, 0.1) is 5.41 Å². The van der Waals surface area contributed by atoms with Crippen molar-refractivity contribution in [1.29, 1.82) is 0 Å². The third-order valence-electron chi connectivity index (χ3n) is 3.51. The van der Waals surface area contributed by atoms with E-state index in [1.54, 1.807) is 0 Å². The number of nitrogens with two attached hydrogens (primary N) is 1. The molecule has 14 heavy (non-hydrogen) atoms. The SMILES string of the molecule is NC(CC1(CNC2CCC2)CC1)=NO. The van der Waals surface area contributed by atoms with Gasteiger partial charge in [-0.3, -0.25) is 0 Å². The van der Waals surface area contributed by atoms with Gasteiger partial charge < -0.3 is 16.3 Å². The molecule has 0 aromatic carbocycles. The van der Waals surface area contributed by atoms with Crippen LogP contribution in [-0.2, 0) is 0 Å². The van der Waals surface area contributed by atoms with E-state index in [4.69, 9.17) is 10.9 Å². The maximum absolute atomic E-state index is 8.50. The highest BCUT2D eigenvalue weighted by molar-refractivity contribution is 5.80. The van der Waals surface area contributed by atoms with Crippen LogP contribution in [0.1, 0.15) is 38.5 Å². The van der Waals surface area contributed by atoms with Gasteiger partial charge in [-0.2, -0.15) is 0 Å². The molecule has 0 amide bonds. The lowest BCUT2D eigenvalue weighted by Gasteiger charge is -2.28. The van der Waals surface area contributed by atoms with Gasteiger partial charge in [-0.05, 0) is 31.1 Å². The highest BCUT2D eigenvalue weighted by Gasteiger charge is 2.43. The van der Waals surface area contributed by atoms with Gasteiger partial charge in [0.2, 0.25) is 0 Å². The fourth-order valence-electron chi connectivity index (χ4n) is 1.99. The second kappa shape index (κ2) is 3.77. The highest BCUT2D eigenvalue weighted by Crippen LogP contribution is 2.48. The van der Waals surface area contributed by atoms with Gasteiger partial charge >= 0.3 is 0 Å². The van der Waals surface area contributed by atoms with Crippen LogP contribution in [0.4, 0.5) is 0 Å². The van der Waals surface area contributed by atoms with Gasteiger partial charge in [0.15, 0.2) is 0 Å². The molecule has 0 unspecified atom stereocenters. The fourth-order valence-corrected chi connectivity index (χ4v) is 1.99. The lowest BCUT2D eigenvalue weighted by atomic mass is 9.92. The first kappa shape index (κ1) is 9.77. The lowest BCUT2D eigenvalue weighted by molar-refractivity contribution is 0.302. The fraction of sp³-hybridized carbons (Fsp3) is 0.900. The average Bonchev–Trinajstić information content (AvgIpc) is 2.82. The zero-order valence-corrected chi connectivity index (χ0v) is 8.50. The Hall–Kier alpha value is -0.770. The average molecular weight is 197 g/mol. The molecule has 0 aromatic rings. The summed E-state index contributed by atoms with van der Waals surface area (Å²) in [6.07, 6.45) is 7.17. The van der Waals surface area contributed by atoms with Gasteiger partial charge in [0.25, 0.3) is 0 Å². The van der Waals surface area contributed by atoms with E-state index in [1.807, 2.05) is 0 Å². The Kier molecular flexibility index (Phi) is 2.63. The minimum absolute atomic E-state index is 0.311. The van der Waals surface area contributed by atoms with Crippen molar-refractivity contribution in [2.45, 2.75) is 44.6 Å². The van der Waals surface area contributed by atoms with Gasteiger partial charge in [0.1, 0.15) is 5.84 Å². The van der Waals surface area contributed by atoms with E-state index >= 15 is 0 Å². The predicted octanol–water partition coefficient (Wildman–Crippen LogP) is 1.05. The van der Waals surface area contributed by atoms with Crippen molar-refractivity contribution >= 4 is 5.84 Å². The van der Waals surface area contributed by atoms with Gasteiger partial charge in [-0.15, -0.1) is 0 Å². The third kappa shape index (κ3) is 2.18. The molecule has 0 aliphatic heterocycles. The predicted molar refractivity (Wildman–Crippen MR) is 55.3 cm³/mol. The van der Waals surface area contributed by atoms with Crippen molar-refractivity contribution in [3.63, 3.8) is 0 Å². The summed E-state index contributed by atoms with van der Waals surface area (Å²) in [5.74, 6) is 0.373. The smallest absolute Gasteiger partial charge is 0.139 e. The monoisotopic (exact) mass is 197 g/mol. The molecule has 0 radical (unpaired) electrons. The summed E-state index contributed by atoms with van der Waals surface area (Å²) in [5, 5.41) is 15.1. The molecule has 0 saturated heterocycles. The molecular weight excluding hydrogens is 178 g/mol. The Morgan fingerprint density at radius 2 is 2.21 bits per heavy atom. The van der Waals surface area contributed by atoms with Crippen LogP contribution in [0.3, 0.4) is 0 Å². The molecule has 2 saturated carbocycles. The van der Waals surface area contributed by atoms with E-state index in [2.05, 4.69) is 10.5 Å². The third-order valence-corrected chi connectivity index (χ3v) is 3.51. The van der Waals surface area contributed by atoms with Crippen LogP contribution < -0.4 is 11.1 Å². The lowest BCUT2D eigenvalue weighted by Crippen LogP contribution is -2.39. The van der Waals surface area contributed by atoms with Crippen molar-refractivity contribution < 1.29 is 5.21 Å². The molecular formula is C10H19N3O. The maximum Gasteiger partial charge on any atom is 0.139 e. The molecule has 0 bridgehead atoms. The summed E-state index contributed by atoms with van der Waals surface area (Å²) >= 11 is 0. The summed E-state index contributed by atoms with van der Waals surface area (Å²) in [6, 6.07) is 0.736. The van der Waals surface area contributed by atoms with Crippen LogP contribution in [0.25, 0.3) is 0 Å². The minimum atomic E-state index is 0.311. The second-order valence-corrected chi connectivity index (χ2v) is 4.78. The van der Waals surface area contributed by atoms with Gasteiger partial charge in [-0.25, -0.2) is 0 Å². The molecule has 0 aromatic heterocycles. The number of nitrogens with zero attached hydrogens (tertiary/aromatic N) is 1. The standard InChI is InChI=1S/C10H19N3O/c11-9(13-14)6-10(4-5-10)7-12-8-2-1-3-8/h8,12,14H,1-7H2,(H2,11,13). The first-order valence-electron chi connectivity index (χ1n) is 5.44. The Bertz CT molecular complexity index is 232. The Balaban J connectivity index is 1.72. The molecule has 0 atom stereocenters. The molecule has 2 aliphatic carbocycles. The number of rotatable bonds is 5. The van der Waals surface area contributed by atoms with Gasteiger partial charge in [-0.1, -0.05) is 11.6 Å². The summed E-state index contributed by atoms with van der Waals surface area (Å²) in [6.45, 7) is 1.04. The topological polar surface area (TPSA) is 70.6 Å². The van der Waals surface area contributed by atoms with Crippen molar-refractivity contribution in [3.05, 3.63) is 0 Å². The zero-order chi connectivity index (χ0) is 10.0. The maximum atomic E-state index is 8.50. The van der Waals surface area contributed by atoms with E-state index in [9.17, 15) is 0 Å². The van der Waals surface area contributed by atoms with Gasteiger partial charge in [0, 0.05) is 19.0 Å². The van der Waals surface area contributed by atoms with Crippen molar-refractivity contribution in [1.82, 2.24) is 5.32 Å². The molecule has 0 heterocycles. The Labute approximate surface area is 84.5 Å². The number of oxime groups is 1. The molecule has 80 valence electrons. The van der Waals surface area contributed by atoms with Crippen LogP contribution in [-0.4, -0.2) is 23.6 Å². The molecule has 4 heteroatoms. The Morgan fingerprint density at radius 3 is 2.64 bits per heavy atom. The van der Waals surface area contributed by atoms with Crippen LogP contribution >= 0.6 is 0 Å². The Morgan fingerprint density at radius 1 is 1.50 bits per heavy atom. The molecule has 2 aliphatic rings. The summed E-state index contributed by atoms with van der Waals surface area (Å²) in [7, 11) is 0. The zero-order valence-electron chi connectivity index (χ0n) is 8.50. The van der Waals surface area contributed by atoms with Gasteiger partial charge in [0.05, 0.1) is 0 Å². The first-order chi connectivity index (χ1) is 6.74. The van der Waals surface area contributed by atoms with Crippen molar-refractivity contribution in [2.24, 2.45) is 16.3 Å². The highest BCUT2D eigenvalue weighted by atomic mass is 16.4. The quantitative estimate of drug-likeness (QED) is 0.267. The summed E-state index contributed by atoms with van der Waals surface area (Å²) in [5.41, 5.74) is 5.84. The molecule has 4 N–H and O–H groups in total. The van der Waals surface area contributed by atoms with E-state index in [-0.39, 0.29) is 0 Å². The van der Waals surface area contributed by atoms with Crippen LogP contribution in [0.5, 0.6) is 0 Å². The van der Waals surface area contributed by atoms with Crippen LogP contribution in [0.15, 0.2) is 5.16 Å². The normalized spacial score (nSPS) is 25.9. The van der Waals surface area contributed by atoms with Crippen LogP contribution in [0.2, 0.25) is 0 Å². The summed E-state index contributed by atoms with van der Waals surface area (Å²) < 4.78 is 0. The molecule has 4 nitrogen and oxygen atoms in total. The molecule has 0 spiro atoms. The number of hydrogen-bond acceptors (Lipinski definition) is 3. The van der Waals surface area contributed by atoms with Crippen molar-refractivity contribution in [2.75, 3.05) is 6.54 Å². The van der Waals surface area contributed by atoms with E-state index in [0.717, 1.165) is 19.0 Å². The van der Waals surface area contributed by atoms with E-state index in [0.29, 0.717) is 11.3 Å². The summed E-state index contributed by atoms with van der Waals surface area (Å²) in [4.78, 5) is 0. The minimum Gasteiger partial charge on any atom is -0.409 e. The van der Waals surface area contributed by atoms with E-state index < -0.39 is 0 Å². The molecule has 2 fully saturated rings. The first-order valence-corrected chi connectivity index (χ1v) is 5.44. The molecule has 2 rings (SSSR count). The number of hydrogen-bond donors (Lipinski definition) is 3.